The monoisotopic (exact) mass is 244 g/mol. The number of aromatic amines is 1. The summed E-state index contributed by atoms with van der Waals surface area (Å²) in [6.07, 6.45) is 2.36. The second kappa shape index (κ2) is 6.12. The Labute approximate surface area is 106 Å². The van der Waals surface area contributed by atoms with E-state index in [9.17, 15) is 4.79 Å². The molecule has 0 atom stereocenters. The van der Waals surface area contributed by atoms with Crippen molar-refractivity contribution in [1.82, 2.24) is 9.97 Å². The third kappa shape index (κ3) is 3.53. The van der Waals surface area contributed by atoms with Crippen LogP contribution in [0.2, 0.25) is 0 Å². The van der Waals surface area contributed by atoms with Gasteiger partial charge in [-0.15, -0.1) is 0 Å². The van der Waals surface area contributed by atoms with Crippen LogP contribution in [0.25, 0.3) is 0 Å². The van der Waals surface area contributed by atoms with E-state index < -0.39 is 0 Å². The zero-order chi connectivity index (χ0) is 12.8. The maximum atomic E-state index is 11.0. The number of hydrogen-bond acceptors (Lipinski definition) is 3. The Hall–Kier alpha value is -1.94. The lowest BCUT2D eigenvalue weighted by molar-refractivity contribution is 0.123. The molecule has 4 nitrogen and oxygen atoms in total. The van der Waals surface area contributed by atoms with Gasteiger partial charge in [0, 0.05) is 11.9 Å². The average molecular weight is 244 g/mol. The van der Waals surface area contributed by atoms with Gasteiger partial charge < -0.3 is 9.72 Å². The van der Waals surface area contributed by atoms with Crippen molar-refractivity contribution in [2.75, 3.05) is 6.61 Å². The molecule has 0 aliphatic rings. The highest BCUT2D eigenvalue weighted by molar-refractivity contribution is 5.15. The van der Waals surface area contributed by atoms with E-state index in [1.807, 2.05) is 37.3 Å². The molecule has 1 aromatic heterocycles. The minimum Gasteiger partial charge on any atom is -0.376 e. The fourth-order valence-corrected chi connectivity index (χ4v) is 1.70. The first-order valence-electron chi connectivity index (χ1n) is 5.92. The summed E-state index contributed by atoms with van der Waals surface area (Å²) in [4.78, 5) is 17.3. The van der Waals surface area contributed by atoms with Crippen molar-refractivity contribution in [1.29, 1.82) is 0 Å². The van der Waals surface area contributed by atoms with Crippen LogP contribution in [-0.4, -0.2) is 16.6 Å². The fourth-order valence-electron chi connectivity index (χ4n) is 1.70. The van der Waals surface area contributed by atoms with E-state index in [2.05, 4.69) is 9.97 Å². The first-order chi connectivity index (χ1) is 8.75. The second-order valence-electron chi connectivity index (χ2n) is 4.13. The Kier molecular flexibility index (Phi) is 4.25. The summed E-state index contributed by atoms with van der Waals surface area (Å²) < 4.78 is 5.59. The Bertz CT molecular complexity index is 549. The van der Waals surface area contributed by atoms with Gasteiger partial charge in [-0.05, 0) is 24.5 Å². The third-order valence-corrected chi connectivity index (χ3v) is 2.74. The molecule has 1 heterocycles. The van der Waals surface area contributed by atoms with Crippen molar-refractivity contribution >= 4 is 0 Å². The van der Waals surface area contributed by atoms with E-state index in [-0.39, 0.29) is 5.69 Å². The first-order valence-corrected chi connectivity index (χ1v) is 5.92. The quantitative estimate of drug-likeness (QED) is 0.816. The van der Waals surface area contributed by atoms with Gasteiger partial charge in [0.2, 0.25) is 0 Å². The summed E-state index contributed by atoms with van der Waals surface area (Å²) >= 11 is 0. The predicted molar refractivity (Wildman–Crippen MR) is 69.4 cm³/mol. The number of aromatic nitrogens is 2. The number of nitrogens with zero attached hydrogens (tertiary/aromatic N) is 1. The third-order valence-electron chi connectivity index (χ3n) is 2.74. The van der Waals surface area contributed by atoms with Crippen LogP contribution in [0.3, 0.4) is 0 Å². The van der Waals surface area contributed by atoms with Gasteiger partial charge in [-0.25, -0.2) is 9.78 Å². The smallest absolute Gasteiger partial charge is 0.345 e. The van der Waals surface area contributed by atoms with E-state index >= 15 is 0 Å². The number of rotatable bonds is 5. The van der Waals surface area contributed by atoms with Gasteiger partial charge in [-0.2, -0.15) is 0 Å². The predicted octanol–water partition coefficient (Wildman–Crippen LogP) is 1.84. The minimum atomic E-state index is -0.304. The largest absolute Gasteiger partial charge is 0.376 e. The van der Waals surface area contributed by atoms with E-state index in [1.165, 1.54) is 0 Å². The average Bonchev–Trinajstić information content (AvgIpc) is 2.38. The van der Waals surface area contributed by atoms with Crippen molar-refractivity contribution in [3.63, 3.8) is 0 Å². The Morgan fingerprint density at radius 3 is 2.78 bits per heavy atom. The minimum absolute atomic E-state index is 0.304. The maximum Gasteiger partial charge on any atom is 0.345 e. The SMILES string of the molecule is Cc1[nH]c(=O)ncc1CCOCc1ccccc1. The number of benzene rings is 1. The van der Waals surface area contributed by atoms with Gasteiger partial charge in [-0.1, -0.05) is 30.3 Å². The Morgan fingerprint density at radius 2 is 2.06 bits per heavy atom. The highest BCUT2D eigenvalue weighted by atomic mass is 16.5. The molecule has 0 spiro atoms. The summed E-state index contributed by atoms with van der Waals surface area (Å²) in [6, 6.07) is 10.0. The van der Waals surface area contributed by atoms with Gasteiger partial charge in [0.1, 0.15) is 0 Å². The molecule has 0 aliphatic carbocycles. The summed E-state index contributed by atoms with van der Waals surface area (Å²) in [6.45, 7) is 3.09. The number of H-pyrrole nitrogens is 1. The van der Waals surface area contributed by atoms with Crippen LogP contribution in [0, 0.1) is 6.92 Å². The molecule has 0 fully saturated rings. The van der Waals surface area contributed by atoms with Crippen LogP contribution in [-0.2, 0) is 17.8 Å². The summed E-state index contributed by atoms with van der Waals surface area (Å²) in [5.74, 6) is 0. The van der Waals surface area contributed by atoms with Crippen LogP contribution in [0.1, 0.15) is 16.8 Å². The molecule has 4 heteroatoms. The molecule has 0 amide bonds. The van der Waals surface area contributed by atoms with E-state index in [1.54, 1.807) is 6.20 Å². The molecule has 0 unspecified atom stereocenters. The van der Waals surface area contributed by atoms with Crippen LogP contribution >= 0.6 is 0 Å². The standard InChI is InChI=1S/C14H16N2O2/c1-11-13(9-15-14(17)16-11)7-8-18-10-12-5-3-2-4-6-12/h2-6,9H,7-8,10H2,1H3,(H,15,16,17). The highest BCUT2D eigenvalue weighted by Crippen LogP contribution is 2.04. The van der Waals surface area contributed by atoms with Crippen LogP contribution in [0.5, 0.6) is 0 Å². The molecule has 0 bridgehead atoms. The molecule has 94 valence electrons. The Balaban J connectivity index is 1.80. The number of ether oxygens (including phenoxy) is 1. The van der Waals surface area contributed by atoms with Gasteiger partial charge in [-0.3, -0.25) is 0 Å². The van der Waals surface area contributed by atoms with Crippen LogP contribution in [0.15, 0.2) is 41.3 Å². The molecule has 18 heavy (non-hydrogen) atoms. The van der Waals surface area contributed by atoms with Gasteiger partial charge >= 0.3 is 5.69 Å². The van der Waals surface area contributed by atoms with Crippen molar-refractivity contribution in [3.05, 3.63) is 63.8 Å². The van der Waals surface area contributed by atoms with Gasteiger partial charge in [0.05, 0.1) is 13.2 Å². The second-order valence-corrected chi connectivity index (χ2v) is 4.13. The highest BCUT2D eigenvalue weighted by Gasteiger charge is 2.00. The first kappa shape index (κ1) is 12.5. The van der Waals surface area contributed by atoms with Crippen molar-refractivity contribution in [2.45, 2.75) is 20.0 Å². The summed E-state index contributed by atoms with van der Waals surface area (Å²) in [5, 5.41) is 0. The molecule has 0 radical (unpaired) electrons. The summed E-state index contributed by atoms with van der Waals surface area (Å²) in [5.41, 5.74) is 2.73. The lowest BCUT2D eigenvalue weighted by Crippen LogP contribution is -2.13. The molecule has 0 aliphatic heterocycles. The van der Waals surface area contributed by atoms with Crippen molar-refractivity contribution in [3.8, 4) is 0 Å². The molecule has 1 N–H and O–H groups in total. The van der Waals surface area contributed by atoms with E-state index in [0.29, 0.717) is 13.2 Å². The number of nitrogens with one attached hydrogen (secondary N) is 1. The topological polar surface area (TPSA) is 55.0 Å². The van der Waals surface area contributed by atoms with E-state index in [4.69, 9.17) is 4.74 Å². The zero-order valence-corrected chi connectivity index (χ0v) is 10.3. The van der Waals surface area contributed by atoms with E-state index in [0.717, 1.165) is 23.2 Å². The molecule has 0 saturated carbocycles. The normalized spacial score (nSPS) is 10.5. The molecule has 2 aromatic rings. The molecular formula is C14H16N2O2. The van der Waals surface area contributed by atoms with Crippen molar-refractivity contribution in [2.24, 2.45) is 0 Å². The van der Waals surface area contributed by atoms with Crippen LogP contribution in [0.4, 0.5) is 0 Å². The lowest BCUT2D eigenvalue weighted by Gasteiger charge is -2.06. The van der Waals surface area contributed by atoms with Crippen molar-refractivity contribution < 1.29 is 4.74 Å². The molecule has 0 saturated heterocycles. The molecular weight excluding hydrogens is 228 g/mol. The van der Waals surface area contributed by atoms with Crippen LogP contribution < -0.4 is 5.69 Å². The fraction of sp³-hybridized carbons (Fsp3) is 0.286. The van der Waals surface area contributed by atoms with Gasteiger partial charge in [0.25, 0.3) is 0 Å². The van der Waals surface area contributed by atoms with Gasteiger partial charge in [0.15, 0.2) is 0 Å². The number of hydrogen-bond donors (Lipinski definition) is 1. The zero-order valence-electron chi connectivity index (χ0n) is 10.3. The number of aryl methyl sites for hydroxylation is 1. The maximum absolute atomic E-state index is 11.0. The Morgan fingerprint density at radius 1 is 1.28 bits per heavy atom. The molecule has 2 rings (SSSR count). The lowest BCUT2D eigenvalue weighted by atomic mass is 10.2. The summed E-state index contributed by atoms with van der Waals surface area (Å²) in [7, 11) is 0. The molecule has 1 aromatic carbocycles.